The molecule has 0 atom stereocenters. The first kappa shape index (κ1) is 22.0. The molecular weight excluding hydrogens is 462 g/mol. The average molecular weight is 488 g/mol. The fourth-order valence-electron chi connectivity index (χ4n) is 4.37. The molecule has 0 spiro atoms. The van der Waals surface area contributed by atoms with Crippen molar-refractivity contribution < 1.29 is 9.59 Å². The van der Waals surface area contributed by atoms with E-state index in [1.807, 2.05) is 4.90 Å². The minimum atomic E-state index is -0.335. The van der Waals surface area contributed by atoms with Gasteiger partial charge in [-0.2, -0.15) is 4.98 Å². The highest BCUT2D eigenvalue weighted by molar-refractivity contribution is 7.22. The maximum Gasteiger partial charge on any atom is 0.273 e. The molecule has 2 fully saturated rings. The molecule has 5 heterocycles. The first-order valence-electron chi connectivity index (χ1n) is 11.2. The lowest BCUT2D eigenvalue weighted by atomic mass is 9.94. The number of hydrogen-bond donors (Lipinski definition) is 1. The molecule has 33 heavy (non-hydrogen) atoms. The second-order valence-electron chi connectivity index (χ2n) is 8.36. The highest BCUT2D eigenvalue weighted by atomic mass is 32.1. The van der Waals surface area contributed by atoms with E-state index in [9.17, 15) is 14.4 Å². The van der Waals surface area contributed by atoms with Crippen LogP contribution in [0.25, 0.3) is 10.3 Å². The Labute approximate surface area is 198 Å². The number of carbonyl (C=O) groups excluding carboxylic acids is 2. The van der Waals surface area contributed by atoms with Gasteiger partial charge in [0.05, 0.1) is 0 Å². The van der Waals surface area contributed by atoms with Crippen LogP contribution in [0.4, 0.5) is 10.3 Å². The molecule has 10 nitrogen and oxygen atoms in total. The zero-order valence-electron chi connectivity index (χ0n) is 18.1. The van der Waals surface area contributed by atoms with Crippen molar-refractivity contribution in [2.24, 2.45) is 5.92 Å². The summed E-state index contributed by atoms with van der Waals surface area (Å²) < 4.78 is 1.72. The molecule has 2 amide bonds. The van der Waals surface area contributed by atoms with Crippen molar-refractivity contribution >= 4 is 55.1 Å². The number of hydrogen-bond acceptors (Lipinski definition) is 9. The summed E-state index contributed by atoms with van der Waals surface area (Å²) in [5, 5.41) is 5.66. The molecule has 0 unspecified atom stereocenters. The monoisotopic (exact) mass is 487 g/mol. The van der Waals surface area contributed by atoms with E-state index in [0.717, 1.165) is 57.0 Å². The van der Waals surface area contributed by atoms with Crippen molar-refractivity contribution in [3.8, 4) is 0 Å². The fraction of sp³-hybridized carbons (Fsp3) is 0.524. The minimum absolute atomic E-state index is 0.0698. The summed E-state index contributed by atoms with van der Waals surface area (Å²) in [7, 11) is 0. The molecule has 0 aromatic carbocycles. The van der Waals surface area contributed by atoms with Crippen LogP contribution in [-0.2, 0) is 16.1 Å². The third-order valence-electron chi connectivity index (χ3n) is 6.15. The number of thiazole rings is 2. The third-order valence-corrected chi connectivity index (χ3v) is 7.93. The number of carbonyl (C=O) groups is 2. The smallest absolute Gasteiger partial charge is 0.273 e. The summed E-state index contributed by atoms with van der Waals surface area (Å²) in [5.74, 6) is 0.0260. The molecule has 2 aliphatic heterocycles. The SMILES string of the molecule is O=C(Cn1cnc2nc(N3CCC(C(=O)N4CCCCC4)CC3)sc2c1=O)Nc1nccs1. The Balaban J connectivity index is 1.24. The number of rotatable bonds is 5. The molecule has 0 bridgehead atoms. The summed E-state index contributed by atoms with van der Waals surface area (Å²) in [6, 6.07) is 0. The van der Waals surface area contributed by atoms with Crippen molar-refractivity contribution in [1.82, 2.24) is 24.4 Å². The van der Waals surface area contributed by atoms with Crippen molar-refractivity contribution in [3.63, 3.8) is 0 Å². The summed E-state index contributed by atoms with van der Waals surface area (Å²) in [6.45, 7) is 3.09. The van der Waals surface area contributed by atoms with E-state index in [4.69, 9.17) is 0 Å². The summed E-state index contributed by atoms with van der Waals surface area (Å²) in [5.41, 5.74) is 0.108. The zero-order valence-corrected chi connectivity index (χ0v) is 19.7. The van der Waals surface area contributed by atoms with Crippen LogP contribution in [-0.4, -0.2) is 62.4 Å². The van der Waals surface area contributed by atoms with E-state index in [2.05, 4.69) is 25.2 Å². The quantitative estimate of drug-likeness (QED) is 0.587. The van der Waals surface area contributed by atoms with Gasteiger partial charge in [0, 0.05) is 43.7 Å². The van der Waals surface area contributed by atoms with Gasteiger partial charge in [-0.15, -0.1) is 11.3 Å². The fourth-order valence-corrected chi connectivity index (χ4v) is 5.94. The van der Waals surface area contributed by atoms with E-state index >= 15 is 0 Å². The van der Waals surface area contributed by atoms with Crippen LogP contribution in [0.15, 0.2) is 22.7 Å². The highest BCUT2D eigenvalue weighted by Crippen LogP contribution is 2.30. The van der Waals surface area contributed by atoms with E-state index in [-0.39, 0.29) is 23.9 Å². The maximum absolute atomic E-state index is 12.9. The van der Waals surface area contributed by atoms with E-state index < -0.39 is 0 Å². The first-order valence-corrected chi connectivity index (χ1v) is 12.9. The molecule has 0 radical (unpaired) electrons. The van der Waals surface area contributed by atoms with Crippen LogP contribution in [0.3, 0.4) is 0 Å². The number of aromatic nitrogens is 4. The summed E-state index contributed by atoms with van der Waals surface area (Å²) >= 11 is 2.61. The Bertz CT molecular complexity index is 1190. The van der Waals surface area contributed by atoms with Crippen LogP contribution < -0.4 is 15.8 Å². The lowest BCUT2D eigenvalue weighted by molar-refractivity contribution is -0.137. The van der Waals surface area contributed by atoms with E-state index in [1.54, 1.807) is 11.6 Å². The van der Waals surface area contributed by atoms with Gasteiger partial charge in [0.1, 0.15) is 17.6 Å². The summed E-state index contributed by atoms with van der Waals surface area (Å²) in [4.78, 5) is 55.0. The molecule has 5 rings (SSSR count). The number of nitrogens with zero attached hydrogens (tertiary/aromatic N) is 6. The number of piperidine rings is 2. The van der Waals surface area contributed by atoms with Crippen LogP contribution in [0, 0.1) is 5.92 Å². The Kier molecular flexibility index (Phi) is 6.36. The van der Waals surface area contributed by atoms with Gasteiger partial charge in [0.15, 0.2) is 15.9 Å². The second-order valence-corrected chi connectivity index (χ2v) is 10.2. The van der Waals surface area contributed by atoms with Crippen LogP contribution in [0.5, 0.6) is 0 Å². The van der Waals surface area contributed by atoms with Crippen LogP contribution in [0.1, 0.15) is 32.1 Å². The van der Waals surface area contributed by atoms with Crippen molar-refractivity contribution in [3.05, 3.63) is 28.3 Å². The Morgan fingerprint density at radius 3 is 2.61 bits per heavy atom. The van der Waals surface area contributed by atoms with Crippen LogP contribution >= 0.6 is 22.7 Å². The predicted molar refractivity (Wildman–Crippen MR) is 128 cm³/mol. The molecule has 174 valence electrons. The van der Waals surface area contributed by atoms with Crippen molar-refractivity contribution in [1.29, 1.82) is 0 Å². The van der Waals surface area contributed by atoms with Crippen molar-refractivity contribution in [2.45, 2.75) is 38.6 Å². The highest BCUT2D eigenvalue weighted by Gasteiger charge is 2.30. The average Bonchev–Trinajstić information content (AvgIpc) is 3.51. The molecule has 3 aromatic rings. The van der Waals surface area contributed by atoms with Gasteiger partial charge >= 0.3 is 0 Å². The molecule has 0 aliphatic carbocycles. The Morgan fingerprint density at radius 2 is 1.88 bits per heavy atom. The number of anilines is 2. The Hall–Kier alpha value is -2.86. The van der Waals surface area contributed by atoms with Gasteiger partial charge in [-0.05, 0) is 32.1 Å². The number of likely N-dealkylation sites (tertiary alicyclic amines) is 1. The number of fused-ring (bicyclic) bond motifs is 1. The molecule has 2 aliphatic rings. The minimum Gasteiger partial charge on any atom is -0.348 e. The second kappa shape index (κ2) is 9.56. The molecule has 0 saturated carbocycles. The predicted octanol–water partition coefficient (Wildman–Crippen LogP) is 2.18. The van der Waals surface area contributed by atoms with Gasteiger partial charge in [0.25, 0.3) is 5.56 Å². The van der Waals surface area contributed by atoms with Gasteiger partial charge in [-0.25, -0.2) is 9.97 Å². The first-order chi connectivity index (χ1) is 16.1. The van der Waals surface area contributed by atoms with E-state index in [1.165, 1.54) is 40.0 Å². The van der Waals surface area contributed by atoms with Gasteiger partial charge in [0.2, 0.25) is 11.8 Å². The number of amides is 2. The standard InChI is InChI=1S/C21H25N7O3S2/c29-15(24-20-22-6-11-32-20)12-28-13-23-17-16(19(28)31)33-21(25-17)27-9-4-14(5-10-27)18(30)26-7-2-1-3-8-26/h6,11,13-14H,1-5,7-10,12H2,(H,22,24,29). The number of nitrogens with one attached hydrogen (secondary N) is 1. The van der Waals surface area contributed by atoms with Gasteiger partial charge in [-0.3, -0.25) is 19.0 Å². The van der Waals surface area contributed by atoms with Gasteiger partial charge in [-0.1, -0.05) is 11.3 Å². The molecule has 2 saturated heterocycles. The molecule has 12 heteroatoms. The van der Waals surface area contributed by atoms with Crippen LogP contribution in [0.2, 0.25) is 0 Å². The van der Waals surface area contributed by atoms with E-state index in [0.29, 0.717) is 21.4 Å². The lowest BCUT2D eigenvalue weighted by Gasteiger charge is -2.35. The zero-order chi connectivity index (χ0) is 22.8. The molecular formula is C21H25N7O3S2. The largest absolute Gasteiger partial charge is 0.348 e. The maximum atomic E-state index is 12.9. The Morgan fingerprint density at radius 1 is 1.09 bits per heavy atom. The third kappa shape index (κ3) is 4.76. The summed E-state index contributed by atoms with van der Waals surface area (Å²) in [6.07, 6.45) is 7.97. The topological polar surface area (TPSA) is 113 Å². The molecule has 1 N–H and O–H groups in total. The van der Waals surface area contributed by atoms with Gasteiger partial charge < -0.3 is 15.1 Å². The lowest BCUT2D eigenvalue weighted by Crippen LogP contribution is -2.44. The normalized spacial score (nSPS) is 17.5. The molecule has 3 aromatic heterocycles. The van der Waals surface area contributed by atoms with Crippen molar-refractivity contribution in [2.75, 3.05) is 36.4 Å².